The Morgan fingerprint density at radius 2 is 1.74 bits per heavy atom. The van der Waals surface area contributed by atoms with Crippen LogP contribution in [0.15, 0.2) is 72.9 Å². The molecule has 0 bridgehead atoms. The van der Waals surface area contributed by atoms with Gasteiger partial charge < -0.3 is 9.64 Å². The summed E-state index contributed by atoms with van der Waals surface area (Å²) in [5.41, 5.74) is 3.37. The molecule has 3 aromatic rings. The fourth-order valence-electron chi connectivity index (χ4n) is 4.51. The molecule has 0 spiro atoms. The average molecular weight is 462 g/mol. The van der Waals surface area contributed by atoms with Crippen molar-refractivity contribution in [1.29, 1.82) is 0 Å². The maximum atomic E-state index is 13.1. The van der Waals surface area contributed by atoms with E-state index in [1.165, 1.54) is 24.2 Å². The molecule has 34 heavy (non-hydrogen) atoms. The van der Waals surface area contributed by atoms with Crippen LogP contribution in [-0.2, 0) is 13.2 Å². The van der Waals surface area contributed by atoms with Gasteiger partial charge in [-0.25, -0.2) is 4.39 Å². The summed E-state index contributed by atoms with van der Waals surface area (Å²) in [4.78, 5) is 9.61. The fraction of sp³-hybridized carbons (Fsp3) is 0.414. The Hall–Kier alpha value is -2.92. The lowest BCUT2D eigenvalue weighted by Gasteiger charge is -2.40. The summed E-state index contributed by atoms with van der Waals surface area (Å²) in [6.07, 6.45) is 5.38. The van der Waals surface area contributed by atoms with Gasteiger partial charge in [-0.1, -0.05) is 32.0 Å². The number of piperidine rings is 1. The first-order chi connectivity index (χ1) is 16.6. The highest BCUT2D eigenvalue weighted by molar-refractivity contribution is 5.50. The number of ether oxygens (including phenoxy) is 1. The van der Waals surface area contributed by atoms with Crippen LogP contribution < -0.4 is 9.64 Å². The fourth-order valence-corrected chi connectivity index (χ4v) is 4.51. The van der Waals surface area contributed by atoms with Crippen molar-refractivity contribution >= 4 is 5.69 Å². The number of likely N-dealkylation sites (tertiary alicyclic amines) is 1. The summed E-state index contributed by atoms with van der Waals surface area (Å²) in [6.45, 7) is 9.21. The second-order valence-electron chi connectivity index (χ2n) is 9.61. The van der Waals surface area contributed by atoms with Gasteiger partial charge in [0, 0.05) is 44.1 Å². The zero-order valence-electron chi connectivity index (χ0n) is 20.4. The van der Waals surface area contributed by atoms with Gasteiger partial charge in [0.25, 0.3) is 0 Å². The van der Waals surface area contributed by atoms with E-state index in [0.717, 1.165) is 56.0 Å². The third-order valence-corrected chi connectivity index (χ3v) is 6.54. The van der Waals surface area contributed by atoms with E-state index in [0.29, 0.717) is 18.6 Å². The zero-order chi connectivity index (χ0) is 23.8. The van der Waals surface area contributed by atoms with Crippen LogP contribution in [0.1, 0.15) is 44.4 Å². The summed E-state index contributed by atoms with van der Waals surface area (Å²) < 4.78 is 19.0. The lowest BCUT2D eigenvalue weighted by molar-refractivity contribution is 0.198. The van der Waals surface area contributed by atoms with E-state index >= 15 is 0 Å². The molecular weight excluding hydrogens is 425 g/mol. The van der Waals surface area contributed by atoms with E-state index in [4.69, 9.17) is 4.74 Å². The van der Waals surface area contributed by atoms with Gasteiger partial charge in [-0.2, -0.15) is 0 Å². The minimum atomic E-state index is -0.225. The Kier molecular flexibility index (Phi) is 8.53. The average Bonchev–Trinajstić information content (AvgIpc) is 2.86. The Labute approximate surface area is 203 Å². The first-order valence-corrected chi connectivity index (χ1v) is 12.4. The van der Waals surface area contributed by atoms with Crippen molar-refractivity contribution in [1.82, 2.24) is 9.88 Å². The molecule has 2 aromatic carbocycles. The lowest BCUT2D eigenvalue weighted by atomic mass is 10.0. The number of rotatable bonds is 10. The molecule has 1 saturated heterocycles. The van der Waals surface area contributed by atoms with Crippen LogP contribution in [0.4, 0.5) is 10.1 Å². The van der Waals surface area contributed by atoms with Gasteiger partial charge in [0.2, 0.25) is 0 Å². The second-order valence-corrected chi connectivity index (χ2v) is 9.61. The molecule has 1 aliphatic rings. The third-order valence-electron chi connectivity index (χ3n) is 6.54. The molecule has 180 valence electrons. The maximum Gasteiger partial charge on any atom is 0.123 e. The largest absolute Gasteiger partial charge is 0.489 e. The Morgan fingerprint density at radius 1 is 1.00 bits per heavy atom. The molecule has 5 heteroatoms. The van der Waals surface area contributed by atoms with Gasteiger partial charge in [0.1, 0.15) is 18.2 Å². The quantitative estimate of drug-likeness (QED) is 0.353. The molecule has 0 aliphatic carbocycles. The van der Waals surface area contributed by atoms with Crippen molar-refractivity contribution in [2.75, 3.05) is 24.5 Å². The van der Waals surface area contributed by atoms with E-state index in [1.54, 1.807) is 12.1 Å². The van der Waals surface area contributed by atoms with Crippen LogP contribution in [0.25, 0.3) is 0 Å². The predicted molar refractivity (Wildman–Crippen MR) is 137 cm³/mol. The second kappa shape index (κ2) is 12.0. The van der Waals surface area contributed by atoms with E-state index in [-0.39, 0.29) is 5.82 Å². The summed E-state index contributed by atoms with van der Waals surface area (Å²) in [5, 5.41) is 0. The van der Waals surface area contributed by atoms with E-state index in [2.05, 4.69) is 65.0 Å². The van der Waals surface area contributed by atoms with Gasteiger partial charge >= 0.3 is 0 Å². The normalized spacial score (nSPS) is 14.9. The number of halogens is 1. The van der Waals surface area contributed by atoms with Crippen molar-refractivity contribution in [3.05, 3.63) is 90.0 Å². The number of nitrogens with zero attached hydrogens (tertiary/aromatic N) is 3. The predicted octanol–water partition coefficient (Wildman–Crippen LogP) is 6.32. The van der Waals surface area contributed by atoms with Crippen molar-refractivity contribution in [3.8, 4) is 5.75 Å². The topological polar surface area (TPSA) is 28.6 Å². The summed E-state index contributed by atoms with van der Waals surface area (Å²) in [7, 11) is 0. The number of benzene rings is 2. The molecular formula is C29H36FN3O. The summed E-state index contributed by atoms with van der Waals surface area (Å²) in [6, 6.07) is 21.6. The smallest absolute Gasteiger partial charge is 0.123 e. The third kappa shape index (κ3) is 7.04. The molecule has 0 radical (unpaired) electrons. The molecule has 2 heterocycles. The Balaban J connectivity index is 1.36. The monoisotopic (exact) mass is 461 g/mol. The molecule has 1 aliphatic heterocycles. The lowest BCUT2D eigenvalue weighted by Crippen LogP contribution is -2.45. The van der Waals surface area contributed by atoms with Crippen molar-refractivity contribution in [3.63, 3.8) is 0 Å². The minimum Gasteiger partial charge on any atom is -0.489 e. The van der Waals surface area contributed by atoms with E-state index in [1.807, 2.05) is 12.3 Å². The zero-order valence-corrected chi connectivity index (χ0v) is 20.4. The number of hydrogen-bond donors (Lipinski definition) is 0. The van der Waals surface area contributed by atoms with Crippen molar-refractivity contribution < 1.29 is 9.13 Å². The standard InChI is InChI=1S/C29H36FN3O/c1-23(2)14-20-33(28-15-18-32(19-16-28)21-26-5-3-4-17-31-26)27-10-12-29(13-11-27)34-22-24-6-8-25(30)9-7-24/h3-13,17,23,28H,14-16,18-22H2,1-2H3. The van der Waals surface area contributed by atoms with Crippen LogP contribution in [-0.4, -0.2) is 35.6 Å². The van der Waals surface area contributed by atoms with Crippen molar-refractivity contribution in [2.24, 2.45) is 5.92 Å². The van der Waals surface area contributed by atoms with Gasteiger partial charge in [-0.15, -0.1) is 0 Å². The highest BCUT2D eigenvalue weighted by atomic mass is 19.1. The van der Waals surface area contributed by atoms with Crippen LogP contribution in [0, 0.1) is 11.7 Å². The summed E-state index contributed by atoms with van der Waals surface area (Å²) >= 11 is 0. The Bertz CT molecular complexity index is 984. The minimum absolute atomic E-state index is 0.225. The van der Waals surface area contributed by atoms with Crippen LogP contribution in [0.5, 0.6) is 5.75 Å². The number of pyridine rings is 1. The van der Waals surface area contributed by atoms with E-state index < -0.39 is 0 Å². The van der Waals surface area contributed by atoms with Gasteiger partial charge in [-0.05, 0) is 79.3 Å². The van der Waals surface area contributed by atoms with Crippen molar-refractivity contribution in [2.45, 2.75) is 52.3 Å². The van der Waals surface area contributed by atoms with Crippen LogP contribution in [0.2, 0.25) is 0 Å². The van der Waals surface area contributed by atoms with Gasteiger partial charge in [-0.3, -0.25) is 9.88 Å². The van der Waals surface area contributed by atoms with Gasteiger partial charge in [0.15, 0.2) is 0 Å². The first-order valence-electron chi connectivity index (χ1n) is 12.4. The highest BCUT2D eigenvalue weighted by Crippen LogP contribution is 2.27. The molecule has 0 unspecified atom stereocenters. The molecule has 0 atom stereocenters. The molecule has 4 nitrogen and oxygen atoms in total. The SMILES string of the molecule is CC(C)CCN(c1ccc(OCc2ccc(F)cc2)cc1)C1CCN(Cc2ccccn2)CC1. The van der Waals surface area contributed by atoms with Crippen LogP contribution >= 0.6 is 0 Å². The Morgan fingerprint density at radius 3 is 2.38 bits per heavy atom. The molecule has 1 aromatic heterocycles. The molecule has 1 fully saturated rings. The molecule has 4 rings (SSSR count). The number of anilines is 1. The first kappa shape index (κ1) is 24.2. The molecule has 0 N–H and O–H groups in total. The molecule has 0 amide bonds. The summed E-state index contributed by atoms with van der Waals surface area (Å²) in [5.74, 6) is 1.28. The van der Waals surface area contributed by atoms with Gasteiger partial charge in [0.05, 0.1) is 5.69 Å². The number of aromatic nitrogens is 1. The van der Waals surface area contributed by atoms with Crippen LogP contribution in [0.3, 0.4) is 0 Å². The molecule has 0 saturated carbocycles. The van der Waals surface area contributed by atoms with E-state index in [9.17, 15) is 4.39 Å². The highest BCUT2D eigenvalue weighted by Gasteiger charge is 2.25. The maximum absolute atomic E-state index is 13.1. The number of hydrogen-bond acceptors (Lipinski definition) is 4.